The number of ether oxygens (including phenoxy) is 5. The van der Waals surface area contributed by atoms with Crippen LogP contribution < -0.4 is 9.80 Å². The number of aromatic nitrogens is 1. The van der Waals surface area contributed by atoms with E-state index in [-0.39, 0.29) is 54.2 Å². The molecule has 3 aliphatic rings. The molecule has 0 spiro atoms. The lowest BCUT2D eigenvalue weighted by Crippen LogP contribution is -2.47. The minimum absolute atomic E-state index is 0.0607. The summed E-state index contributed by atoms with van der Waals surface area (Å²) in [5.41, 5.74) is 1.69. The van der Waals surface area contributed by atoms with Gasteiger partial charge in [-0.25, -0.2) is 8.78 Å². The van der Waals surface area contributed by atoms with E-state index in [9.17, 15) is 4.55 Å². The smallest absolute Gasteiger partial charge is 0.192 e. The lowest BCUT2D eigenvalue weighted by Gasteiger charge is -2.39. The van der Waals surface area contributed by atoms with Crippen molar-refractivity contribution in [2.75, 3.05) is 81.4 Å². The first-order chi connectivity index (χ1) is 24.4. The Bertz CT molecular complexity index is 1470. The zero-order valence-electron chi connectivity index (χ0n) is 32.5. The fourth-order valence-corrected chi connectivity index (χ4v) is 8.85. The van der Waals surface area contributed by atoms with Crippen LogP contribution in [0.15, 0.2) is 24.3 Å². The second-order valence-electron chi connectivity index (χ2n) is 16.8. The van der Waals surface area contributed by atoms with Crippen molar-refractivity contribution in [3.05, 3.63) is 41.6 Å². The molecule has 3 fully saturated rings. The predicted molar refractivity (Wildman–Crippen MR) is 208 cm³/mol. The van der Waals surface area contributed by atoms with Gasteiger partial charge in [0.25, 0.3) is 0 Å². The third kappa shape index (κ3) is 10.5. The van der Waals surface area contributed by atoms with Crippen LogP contribution in [0.3, 0.4) is 0 Å². The van der Waals surface area contributed by atoms with E-state index in [0.717, 1.165) is 6.04 Å². The summed E-state index contributed by atoms with van der Waals surface area (Å²) in [6, 6.07) is 7.14. The van der Waals surface area contributed by atoms with Gasteiger partial charge in [-0.2, -0.15) is 0 Å². The van der Waals surface area contributed by atoms with Crippen molar-refractivity contribution < 1.29 is 41.4 Å². The molecule has 2 unspecified atom stereocenters. The summed E-state index contributed by atoms with van der Waals surface area (Å²) in [6.45, 7) is 21.9. The van der Waals surface area contributed by atoms with Crippen molar-refractivity contribution in [3.8, 4) is 11.3 Å². The first kappa shape index (κ1) is 41.5. The Morgan fingerprint density at radius 3 is 2.23 bits per heavy atom. The molecule has 0 amide bonds. The van der Waals surface area contributed by atoms with Gasteiger partial charge in [0.2, 0.25) is 0 Å². The molecule has 5 rings (SSSR count). The highest BCUT2D eigenvalue weighted by Gasteiger charge is 2.52. The largest absolute Gasteiger partial charge is 0.617 e. The van der Waals surface area contributed by atoms with E-state index in [0.29, 0.717) is 75.4 Å². The Morgan fingerprint density at radius 2 is 1.62 bits per heavy atom. The Balaban J connectivity index is 1.37. The van der Waals surface area contributed by atoms with Gasteiger partial charge in [0.15, 0.2) is 8.32 Å². The average molecular weight is 784 g/mol. The van der Waals surface area contributed by atoms with Gasteiger partial charge in [0.05, 0.1) is 61.4 Å². The van der Waals surface area contributed by atoms with E-state index in [2.05, 4.69) is 53.5 Å². The molecular formula is C37H59F2N3O7SSi2. The molecule has 3 aliphatic heterocycles. The molecule has 0 bridgehead atoms. The molecule has 15 heteroatoms. The van der Waals surface area contributed by atoms with Crippen LogP contribution in [-0.4, -0.2) is 122 Å². The molecule has 1 aromatic carbocycles. The molecule has 0 aliphatic carbocycles. The van der Waals surface area contributed by atoms with Gasteiger partial charge in [-0.3, -0.25) is 4.98 Å². The van der Waals surface area contributed by atoms with Crippen molar-refractivity contribution in [2.45, 2.75) is 95.4 Å². The van der Waals surface area contributed by atoms with Crippen molar-refractivity contribution >= 4 is 38.9 Å². The highest BCUT2D eigenvalue weighted by atomic mass is 32.2. The fraction of sp³-hybridized carbons (Fsp3) is 0.703. The molecule has 0 radical (unpaired) electrons. The zero-order valence-corrected chi connectivity index (χ0v) is 35.3. The minimum atomic E-state index is -2.04. The van der Waals surface area contributed by atoms with E-state index in [1.165, 1.54) is 12.1 Å². The zero-order chi connectivity index (χ0) is 37.8. The van der Waals surface area contributed by atoms with Gasteiger partial charge < -0.3 is 42.5 Å². The quantitative estimate of drug-likeness (QED) is 0.0820. The van der Waals surface area contributed by atoms with Crippen LogP contribution in [0.4, 0.5) is 20.2 Å². The molecule has 292 valence electrons. The predicted octanol–water partition coefficient (Wildman–Crippen LogP) is 6.43. The van der Waals surface area contributed by atoms with Crippen LogP contribution in [0.2, 0.25) is 43.8 Å². The van der Waals surface area contributed by atoms with Gasteiger partial charge in [-0.1, -0.05) is 51.6 Å². The normalized spacial score (nSPS) is 23.3. The number of hydrogen-bond acceptors (Lipinski definition) is 10. The third-order valence-corrected chi connectivity index (χ3v) is 17.5. The number of nitrogens with zero attached hydrogens (tertiary/aromatic N) is 3. The Kier molecular flexibility index (Phi) is 13.9. The van der Waals surface area contributed by atoms with E-state index >= 15 is 8.78 Å². The number of hydrogen-bond donors (Lipinski definition) is 0. The monoisotopic (exact) mass is 783 g/mol. The summed E-state index contributed by atoms with van der Waals surface area (Å²) in [4.78, 5) is 8.66. The number of pyridine rings is 1. The van der Waals surface area contributed by atoms with Gasteiger partial charge in [0.1, 0.15) is 49.2 Å². The summed E-state index contributed by atoms with van der Waals surface area (Å²) in [5.74, 6) is -1.05. The second-order valence-corrected chi connectivity index (χ2v) is 28.7. The highest BCUT2D eigenvalue weighted by molar-refractivity contribution is 7.90. The van der Waals surface area contributed by atoms with Gasteiger partial charge >= 0.3 is 0 Å². The summed E-state index contributed by atoms with van der Waals surface area (Å²) >= 11 is -1.12. The topological polar surface area (TPSA) is 97.8 Å². The van der Waals surface area contributed by atoms with E-state index in [4.69, 9.17) is 33.1 Å². The molecule has 0 N–H and O–H groups in total. The van der Waals surface area contributed by atoms with Crippen molar-refractivity contribution in [1.82, 2.24) is 4.98 Å². The number of fused-ring (bicyclic) bond motifs is 1. The summed E-state index contributed by atoms with van der Waals surface area (Å²) in [5, 5.41) is 0.0607. The van der Waals surface area contributed by atoms with Crippen LogP contribution in [0.5, 0.6) is 0 Å². The van der Waals surface area contributed by atoms with E-state index in [1.807, 2.05) is 9.80 Å². The van der Waals surface area contributed by atoms with Gasteiger partial charge in [0, 0.05) is 39.9 Å². The molecule has 2 aromatic rings. The number of halogens is 2. The van der Waals surface area contributed by atoms with Crippen molar-refractivity contribution in [3.63, 3.8) is 0 Å². The standard InChI is InChI=1S/C37H59F2N3O7SSi2/c1-37(2,3)52(8,9)49-33-23-47-35-32(22-46-36(33)35)48-25-42(24-45-17-19-51(5,6)7)31-11-10-30(40-29(31)12-18-50(4)43)34-27(38)20-26(21-28(34)39)41-13-15-44-16-14-41/h10-11,20-21,32-33,35-36H,12-19,22-25H2,1-9H3/t32-,33?,35-,36-,50?/m1/s1. The van der Waals surface area contributed by atoms with Crippen LogP contribution in [-0.2, 0) is 45.7 Å². The number of aryl methyl sites for hydroxylation is 1. The Morgan fingerprint density at radius 1 is 0.981 bits per heavy atom. The molecular weight excluding hydrogens is 725 g/mol. The molecule has 5 atom stereocenters. The van der Waals surface area contributed by atoms with Crippen LogP contribution in [0, 0.1) is 11.6 Å². The number of morpholine rings is 1. The molecule has 3 saturated heterocycles. The van der Waals surface area contributed by atoms with Gasteiger partial charge in [-0.05, 0) is 48.4 Å². The van der Waals surface area contributed by atoms with Crippen LogP contribution >= 0.6 is 0 Å². The number of benzene rings is 1. The molecule has 0 saturated carbocycles. The minimum Gasteiger partial charge on any atom is -0.617 e. The maximum atomic E-state index is 15.7. The lowest BCUT2D eigenvalue weighted by molar-refractivity contribution is -0.0400. The molecule has 10 nitrogen and oxygen atoms in total. The van der Waals surface area contributed by atoms with Gasteiger partial charge in [-0.15, -0.1) is 0 Å². The van der Waals surface area contributed by atoms with E-state index in [1.54, 1.807) is 18.4 Å². The summed E-state index contributed by atoms with van der Waals surface area (Å²) < 4.78 is 80.9. The maximum Gasteiger partial charge on any atom is 0.192 e. The SMILES string of the molecule is C[S+]([O-])CCc1nc(-c2c(F)cc(N3CCOCC3)cc2F)ccc1N(COCC[Si](C)(C)C)CO[C@@H]1CO[C@@H]2C(O[Si](C)(C)C(C)(C)C)CO[C@@H]21. The molecule has 4 heterocycles. The second kappa shape index (κ2) is 17.4. The fourth-order valence-electron chi connectivity index (χ4n) is 6.30. The third-order valence-electron chi connectivity index (χ3n) is 10.5. The molecule has 1 aromatic heterocycles. The first-order valence-corrected chi connectivity index (χ1v) is 26.8. The summed E-state index contributed by atoms with van der Waals surface area (Å²) in [7, 11) is -3.39. The Labute approximate surface area is 314 Å². The van der Waals surface area contributed by atoms with Crippen LogP contribution in [0.25, 0.3) is 11.3 Å². The molecule has 52 heavy (non-hydrogen) atoms. The average Bonchev–Trinajstić information content (AvgIpc) is 3.65. The summed E-state index contributed by atoms with van der Waals surface area (Å²) in [6.07, 6.45) is 1.01. The van der Waals surface area contributed by atoms with Crippen LogP contribution in [0.1, 0.15) is 26.5 Å². The Hall–Kier alpha value is -1.67. The lowest BCUT2D eigenvalue weighted by atomic mass is 10.1. The maximum absolute atomic E-state index is 15.7. The number of rotatable bonds is 16. The number of anilines is 2. The van der Waals surface area contributed by atoms with Crippen molar-refractivity contribution in [1.29, 1.82) is 0 Å². The van der Waals surface area contributed by atoms with E-state index < -0.39 is 39.2 Å². The first-order valence-electron chi connectivity index (χ1n) is 18.4. The highest BCUT2D eigenvalue weighted by Crippen LogP contribution is 2.41. The van der Waals surface area contributed by atoms with Crippen molar-refractivity contribution in [2.24, 2.45) is 0 Å².